The number of nitrogens with one attached hydrogen (secondary N) is 1. The molecule has 5 nitrogen and oxygen atoms in total. The molecule has 0 aromatic heterocycles. The zero-order chi connectivity index (χ0) is 15.1. The third kappa shape index (κ3) is 5.30. The first-order valence-electron chi connectivity index (χ1n) is 6.65. The number of esters is 1. The van der Waals surface area contributed by atoms with Crippen LogP contribution in [0.3, 0.4) is 0 Å². The van der Waals surface area contributed by atoms with Crippen molar-refractivity contribution in [2.75, 3.05) is 11.9 Å². The predicted octanol–water partition coefficient (Wildman–Crippen LogP) is 2.54. The Labute approximate surface area is 119 Å². The molecule has 0 radical (unpaired) electrons. The molecule has 0 bridgehead atoms. The van der Waals surface area contributed by atoms with E-state index in [0.717, 1.165) is 5.56 Å². The second-order valence-electron chi connectivity index (χ2n) is 4.65. The molecule has 0 atom stereocenters. The van der Waals surface area contributed by atoms with Crippen LogP contribution in [0.2, 0.25) is 0 Å². The van der Waals surface area contributed by atoms with Crippen LogP contribution in [0.25, 0.3) is 0 Å². The van der Waals surface area contributed by atoms with E-state index in [2.05, 4.69) is 5.32 Å². The van der Waals surface area contributed by atoms with Crippen molar-refractivity contribution in [3.63, 3.8) is 0 Å². The first-order chi connectivity index (χ1) is 9.42. The van der Waals surface area contributed by atoms with Crippen molar-refractivity contribution < 1.29 is 19.1 Å². The Morgan fingerprint density at radius 2 is 2.00 bits per heavy atom. The zero-order valence-corrected chi connectivity index (χ0v) is 12.4. The molecular formula is C15H21NO4. The molecule has 0 aliphatic carbocycles. The minimum absolute atomic E-state index is 0.0245. The first kappa shape index (κ1) is 16.0. The minimum Gasteiger partial charge on any atom is -0.491 e. The lowest BCUT2D eigenvalue weighted by Gasteiger charge is -2.15. The summed E-state index contributed by atoms with van der Waals surface area (Å²) in [7, 11) is 0. The highest BCUT2D eigenvalue weighted by Gasteiger charge is 2.12. The van der Waals surface area contributed by atoms with Gasteiger partial charge in [0.2, 0.25) is 5.91 Å². The van der Waals surface area contributed by atoms with Crippen LogP contribution in [0.15, 0.2) is 18.2 Å². The van der Waals surface area contributed by atoms with E-state index < -0.39 is 0 Å². The average molecular weight is 279 g/mol. The number of benzene rings is 1. The van der Waals surface area contributed by atoms with Crippen molar-refractivity contribution in [3.05, 3.63) is 23.8 Å². The van der Waals surface area contributed by atoms with Gasteiger partial charge in [0, 0.05) is 24.2 Å². The fourth-order valence-corrected chi connectivity index (χ4v) is 1.71. The largest absolute Gasteiger partial charge is 0.491 e. The molecule has 0 saturated carbocycles. The van der Waals surface area contributed by atoms with E-state index >= 15 is 0 Å². The van der Waals surface area contributed by atoms with E-state index in [1.54, 1.807) is 25.1 Å². The van der Waals surface area contributed by atoms with Crippen molar-refractivity contribution in [3.8, 4) is 5.75 Å². The van der Waals surface area contributed by atoms with Crippen molar-refractivity contribution >= 4 is 17.6 Å². The topological polar surface area (TPSA) is 64.6 Å². The normalized spacial score (nSPS) is 10.2. The Morgan fingerprint density at radius 3 is 2.55 bits per heavy atom. The Bertz CT molecular complexity index is 483. The zero-order valence-electron chi connectivity index (χ0n) is 12.4. The van der Waals surface area contributed by atoms with Crippen LogP contribution in [0, 0.1) is 0 Å². The second-order valence-corrected chi connectivity index (χ2v) is 4.65. The van der Waals surface area contributed by atoms with Gasteiger partial charge in [0.25, 0.3) is 0 Å². The summed E-state index contributed by atoms with van der Waals surface area (Å²) in [6, 6.07) is 5.22. The van der Waals surface area contributed by atoms with E-state index in [9.17, 15) is 9.59 Å². The summed E-state index contributed by atoms with van der Waals surface area (Å²) in [5.41, 5.74) is 1.38. The summed E-state index contributed by atoms with van der Waals surface area (Å²) >= 11 is 0. The van der Waals surface area contributed by atoms with Gasteiger partial charge in [0.1, 0.15) is 5.75 Å². The van der Waals surface area contributed by atoms with Crippen LogP contribution < -0.4 is 10.1 Å². The number of carbonyl (C=O) groups excluding carboxylic acids is 2. The number of ether oxygens (including phenoxy) is 2. The summed E-state index contributed by atoms with van der Waals surface area (Å²) in [6.45, 7) is 7.36. The standard InChI is InChI=1S/C15H21NO4/c1-5-19-15(18)8-12-6-7-13(16-11(4)17)9-14(12)20-10(2)3/h6-7,9-10H,5,8H2,1-4H3,(H,16,17). The predicted molar refractivity (Wildman–Crippen MR) is 76.8 cm³/mol. The highest BCUT2D eigenvalue weighted by Crippen LogP contribution is 2.25. The highest BCUT2D eigenvalue weighted by molar-refractivity contribution is 5.89. The number of rotatable bonds is 6. The third-order valence-corrected chi connectivity index (χ3v) is 2.39. The third-order valence-electron chi connectivity index (χ3n) is 2.39. The molecule has 5 heteroatoms. The fraction of sp³-hybridized carbons (Fsp3) is 0.467. The number of hydrogen-bond acceptors (Lipinski definition) is 4. The van der Waals surface area contributed by atoms with Gasteiger partial charge < -0.3 is 14.8 Å². The molecule has 0 saturated heterocycles. The van der Waals surface area contributed by atoms with Gasteiger partial charge in [-0.15, -0.1) is 0 Å². The van der Waals surface area contributed by atoms with E-state index in [1.807, 2.05) is 13.8 Å². The number of amides is 1. The molecule has 0 unspecified atom stereocenters. The van der Waals surface area contributed by atoms with E-state index in [4.69, 9.17) is 9.47 Å². The monoisotopic (exact) mass is 279 g/mol. The van der Waals surface area contributed by atoms with Crippen molar-refractivity contribution in [2.24, 2.45) is 0 Å². The molecule has 0 heterocycles. The van der Waals surface area contributed by atoms with Gasteiger partial charge in [-0.1, -0.05) is 6.07 Å². The van der Waals surface area contributed by atoms with E-state index in [0.29, 0.717) is 18.0 Å². The molecule has 1 rings (SSSR count). The maximum absolute atomic E-state index is 11.6. The molecule has 1 amide bonds. The number of carbonyl (C=O) groups is 2. The van der Waals surface area contributed by atoms with E-state index in [1.165, 1.54) is 6.92 Å². The molecule has 1 aromatic carbocycles. The summed E-state index contributed by atoms with van der Waals surface area (Å²) in [6.07, 6.45) is 0.125. The lowest BCUT2D eigenvalue weighted by Crippen LogP contribution is -2.13. The van der Waals surface area contributed by atoms with Gasteiger partial charge in [0.15, 0.2) is 0 Å². The van der Waals surface area contributed by atoms with Gasteiger partial charge in [-0.25, -0.2) is 0 Å². The summed E-state index contributed by atoms with van der Waals surface area (Å²) in [5.74, 6) is 0.131. The first-order valence-corrected chi connectivity index (χ1v) is 6.65. The van der Waals surface area contributed by atoms with Gasteiger partial charge in [-0.3, -0.25) is 9.59 Å². The number of anilines is 1. The van der Waals surface area contributed by atoms with Gasteiger partial charge in [0.05, 0.1) is 19.1 Å². The van der Waals surface area contributed by atoms with Crippen LogP contribution in [0.4, 0.5) is 5.69 Å². The maximum atomic E-state index is 11.6. The van der Waals surface area contributed by atoms with Crippen LogP contribution in [0.5, 0.6) is 5.75 Å². The molecule has 0 aliphatic rings. The van der Waals surface area contributed by atoms with Crippen LogP contribution in [-0.2, 0) is 20.7 Å². The van der Waals surface area contributed by atoms with Gasteiger partial charge in [-0.2, -0.15) is 0 Å². The Balaban J connectivity index is 2.96. The van der Waals surface area contributed by atoms with Crippen molar-refractivity contribution in [2.45, 2.75) is 40.2 Å². The molecule has 110 valence electrons. The van der Waals surface area contributed by atoms with Gasteiger partial charge in [-0.05, 0) is 26.8 Å². The summed E-state index contributed by atoms with van der Waals surface area (Å²) in [5, 5.41) is 2.69. The van der Waals surface area contributed by atoms with E-state index in [-0.39, 0.29) is 24.4 Å². The van der Waals surface area contributed by atoms with Crippen LogP contribution in [0.1, 0.15) is 33.3 Å². The fourth-order valence-electron chi connectivity index (χ4n) is 1.71. The molecule has 1 aromatic rings. The SMILES string of the molecule is CCOC(=O)Cc1ccc(NC(C)=O)cc1OC(C)C. The smallest absolute Gasteiger partial charge is 0.310 e. The molecule has 0 aliphatic heterocycles. The Kier molecular flexibility index (Phi) is 6.03. The molecule has 0 spiro atoms. The average Bonchev–Trinajstić information content (AvgIpc) is 2.31. The Hall–Kier alpha value is -2.04. The summed E-state index contributed by atoms with van der Waals surface area (Å²) < 4.78 is 10.6. The minimum atomic E-state index is -0.298. The van der Waals surface area contributed by atoms with Crippen LogP contribution in [-0.4, -0.2) is 24.6 Å². The lowest BCUT2D eigenvalue weighted by atomic mass is 10.1. The van der Waals surface area contributed by atoms with Crippen LogP contribution >= 0.6 is 0 Å². The quantitative estimate of drug-likeness (QED) is 0.813. The molecule has 20 heavy (non-hydrogen) atoms. The highest BCUT2D eigenvalue weighted by atomic mass is 16.5. The van der Waals surface area contributed by atoms with Crippen molar-refractivity contribution in [1.29, 1.82) is 0 Å². The van der Waals surface area contributed by atoms with Crippen molar-refractivity contribution in [1.82, 2.24) is 0 Å². The second kappa shape index (κ2) is 7.53. The molecule has 0 fully saturated rings. The Morgan fingerprint density at radius 1 is 1.30 bits per heavy atom. The van der Waals surface area contributed by atoms with Gasteiger partial charge >= 0.3 is 5.97 Å². The molecular weight excluding hydrogens is 258 g/mol. The molecule has 1 N–H and O–H groups in total. The maximum Gasteiger partial charge on any atom is 0.310 e. The lowest BCUT2D eigenvalue weighted by molar-refractivity contribution is -0.142. The summed E-state index contributed by atoms with van der Waals surface area (Å²) in [4.78, 5) is 22.6. The number of hydrogen-bond donors (Lipinski definition) is 1.